The fraction of sp³-hybridized carbons (Fsp3) is 0.0952. The molecule has 1 amide bonds. The van der Waals surface area contributed by atoms with E-state index in [-0.39, 0.29) is 11.7 Å². The molecule has 7 heteroatoms. The molecule has 0 fully saturated rings. The molecule has 7 nitrogen and oxygen atoms in total. The highest BCUT2D eigenvalue weighted by atomic mass is 16.1. The number of carbonyl (C=O) groups is 1. The van der Waals surface area contributed by atoms with Crippen molar-refractivity contribution in [1.82, 2.24) is 20.2 Å². The van der Waals surface area contributed by atoms with E-state index in [4.69, 9.17) is 5.73 Å². The van der Waals surface area contributed by atoms with Crippen LogP contribution in [0.2, 0.25) is 0 Å². The number of pyridine rings is 2. The van der Waals surface area contributed by atoms with Crippen LogP contribution < -0.4 is 11.1 Å². The molecule has 138 valence electrons. The van der Waals surface area contributed by atoms with Crippen LogP contribution >= 0.6 is 0 Å². The van der Waals surface area contributed by atoms with Crippen LogP contribution in [-0.2, 0) is 0 Å². The summed E-state index contributed by atoms with van der Waals surface area (Å²) in [6.45, 7) is 1.99. The third-order valence-corrected chi connectivity index (χ3v) is 4.55. The average Bonchev–Trinajstić information content (AvgIpc) is 2.74. The van der Waals surface area contributed by atoms with E-state index in [1.54, 1.807) is 24.8 Å². The molecule has 3 N–H and O–H groups in total. The second-order valence-electron chi connectivity index (χ2n) is 6.41. The standard InChI is InChI=1S/C21H18N6O/c1-13(16-3-2-8-24-12-16)25-19-17-5-4-15(14-6-9-23-10-7-14)11-18(17)26-27-20(19)21(22)28/h2-13H,1H3,(H2,22,28)(H,25,26). The maximum absolute atomic E-state index is 11.9. The third kappa shape index (κ3) is 3.37. The van der Waals surface area contributed by atoms with Gasteiger partial charge >= 0.3 is 0 Å². The highest BCUT2D eigenvalue weighted by molar-refractivity contribution is 6.05. The number of anilines is 1. The second-order valence-corrected chi connectivity index (χ2v) is 6.41. The predicted molar refractivity (Wildman–Crippen MR) is 108 cm³/mol. The molecule has 1 unspecified atom stereocenters. The Morgan fingerprint density at radius 3 is 2.54 bits per heavy atom. The molecule has 4 aromatic rings. The molecule has 0 saturated carbocycles. The summed E-state index contributed by atoms with van der Waals surface area (Å²) in [5.41, 5.74) is 9.88. The molecule has 0 saturated heterocycles. The highest BCUT2D eigenvalue weighted by Crippen LogP contribution is 2.31. The first kappa shape index (κ1) is 17.5. The first-order valence-electron chi connectivity index (χ1n) is 8.80. The highest BCUT2D eigenvalue weighted by Gasteiger charge is 2.18. The molecule has 0 spiro atoms. The van der Waals surface area contributed by atoms with E-state index in [0.29, 0.717) is 11.2 Å². The zero-order valence-electron chi connectivity index (χ0n) is 15.2. The Kier molecular flexibility index (Phi) is 4.63. The van der Waals surface area contributed by atoms with Gasteiger partial charge in [0.2, 0.25) is 0 Å². The largest absolute Gasteiger partial charge is 0.376 e. The predicted octanol–water partition coefficient (Wildman–Crippen LogP) is 3.36. The van der Waals surface area contributed by atoms with Crippen LogP contribution in [0.15, 0.2) is 67.3 Å². The number of nitrogens with zero attached hydrogens (tertiary/aromatic N) is 4. The number of primary amides is 1. The van der Waals surface area contributed by atoms with Crippen LogP contribution in [0.3, 0.4) is 0 Å². The van der Waals surface area contributed by atoms with Crippen molar-refractivity contribution >= 4 is 22.5 Å². The van der Waals surface area contributed by atoms with E-state index < -0.39 is 5.91 Å². The molecule has 0 radical (unpaired) electrons. The minimum Gasteiger partial charge on any atom is -0.376 e. The van der Waals surface area contributed by atoms with Gasteiger partial charge in [-0.2, -0.15) is 0 Å². The lowest BCUT2D eigenvalue weighted by Crippen LogP contribution is -2.19. The first-order chi connectivity index (χ1) is 13.6. The topological polar surface area (TPSA) is 107 Å². The number of hydrogen-bond donors (Lipinski definition) is 2. The van der Waals surface area contributed by atoms with Gasteiger partial charge in [0.15, 0.2) is 5.69 Å². The van der Waals surface area contributed by atoms with E-state index in [9.17, 15) is 4.79 Å². The van der Waals surface area contributed by atoms with Crippen molar-refractivity contribution in [3.63, 3.8) is 0 Å². The van der Waals surface area contributed by atoms with Gasteiger partial charge in [0.25, 0.3) is 5.91 Å². The van der Waals surface area contributed by atoms with Crippen molar-refractivity contribution in [2.24, 2.45) is 5.73 Å². The van der Waals surface area contributed by atoms with Gasteiger partial charge in [-0.3, -0.25) is 14.8 Å². The molecule has 1 atom stereocenters. The van der Waals surface area contributed by atoms with Crippen LogP contribution in [0, 0.1) is 0 Å². The monoisotopic (exact) mass is 370 g/mol. The maximum Gasteiger partial charge on any atom is 0.271 e. The normalized spacial score (nSPS) is 11.9. The van der Waals surface area contributed by atoms with Crippen molar-refractivity contribution in [1.29, 1.82) is 0 Å². The fourth-order valence-corrected chi connectivity index (χ4v) is 3.08. The van der Waals surface area contributed by atoms with Crippen LogP contribution in [0.25, 0.3) is 22.0 Å². The van der Waals surface area contributed by atoms with Gasteiger partial charge in [0, 0.05) is 30.2 Å². The summed E-state index contributed by atoms with van der Waals surface area (Å²) < 4.78 is 0. The Labute approximate surface area is 161 Å². The van der Waals surface area contributed by atoms with Gasteiger partial charge in [0.05, 0.1) is 17.2 Å². The molecule has 0 aliphatic heterocycles. The van der Waals surface area contributed by atoms with Gasteiger partial charge in [-0.15, -0.1) is 10.2 Å². The van der Waals surface area contributed by atoms with Gasteiger partial charge in [0.1, 0.15) is 0 Å². The number of nitrogens with one attached hydrogen (secondary N) is 1. The molecule has 28 heavy (non-hydrogen) atoms. The number of carbonyl (C=O) groups excluding carboxylic acids is 1. The van der Waals surface area contributed by atoms with E-state index in [2.05, 4.69) is 25.5 Å². The molecule has 1 aromatic carbocycles. The van der Waals surface area contributed by atoms with E-state index in [0.717, 1.165) is 22.1 Å². The lowest BCUT2D eigenvalue weighted by atomic mass is 10.0. The SMILES string of the molecule is CC(Nc1c(C(N)=O)nnc2cc(-c3ccncc3)ccc12)c1cccnc1. The molecular formula is C21H18N6O. The molecule has 0 aliphatic rings. The minimum absolute atomic E-state index is 0.0981. The van der Waals surface area contributed by atoms with Gasteiger partial charge in [-0.05, 0) is 53.9 Å². The minimum atomic E-state index is -0.631. The average molecular weight is 370 g/mol. The summed E-state index contributed by atoms with van der Waals surface area (Å²) in [6, 6.07) is 13.4. The third-order valence-electron chi connectivity index (χ3n) is 4.55. The van der Waals surface area contributed by atoms with Gasteiger partial charge in [-0.25, -0.2) is 0 Å². The second kappa shape index (κ2) is 7.40. The summed E-state index contributed by atoms with van der Waals surface area (Å²) in [5, 5.41) is 12.4. The number of hydrogen-bond acceptors (Lipinski definition) is 6. The lowest BCUT2D eigenvalue weighted by Gasteiger charge is -2.18. The first-order valence-corrected chi connectivity index (χ1v) is 8.80. The Morgan fingerprint density at radius 1 is 1.00 bits per heavy atom. The zero-order chi connectivity index (χ0) is 19.5. The number of rotatable bonds is 5. The van der Waals surface area contributed by atoms with E-state index in [1.165, 1.54) is 0 Å². The molecule has 0 aliphatic carbocycles. The van der Waals surface area contributed by atoms with Crippen molar-refractivity contribution in [2.45, 2.75) is 13.0 Å². The molecule has 4 rings (SSSR count). The number of benzene rings is 1. The van der Waals surface area contributed by atoms with E-state index >= 15 is 0 Å². The zero-order valence-corrected chi connectivity index (χ0v) is 15.2. The molecule has 3 heterocycles. The summed E-state index contributed by atoms with van der Waals surface area (Å²) in [4.78, 5) is 20.1. The summed E-state index contributed by atoms with van der Waals surface area (Å²) in [5.74, 6) is -0.631. The van der Waals surface area contributed by atoms with Crippen molar-refractivity contribution in [3.05, 3.63) is 78.5 Å². The molecule has 3 aromatic heterocycles. The number of nitrogens with two attached hydrogens (primary N) is 1. The van der Waals surface area contributed by atoms with E-state index in [1.807, 2.05) is 49.4 Å². The van der Waals surface area contributed by atoms with Crippen LogP contribution in [0.1, 0.15) is 29.0 Å². The Hall–Kier alpha value is -3.87. The summed E-state index contributed by atoms with van der Waals surface area (Å²) >= 11 is 0. The Morgan fingerprint density at radius 2 is 1.82 bits per heavy atom. The summed E-state index contributed by atoms with van der Waals surface area (Å²) in [6.07, 6.45) is 6.98. The Bertz CT molecular complexity index is 1130. The van der Waals surface area contributed by atoms with Crippen molar-refractivity contribution in [3.8, 4) is 11.1 Å². The lowest BCUT2D eigenvalue weighted by molar-refractivity contribution is 0.0995. The van der Waals surface area contributed by atoms with Crippen LogP contribution in [0.4, 0.5) is 5.69 Å². The van der Waals surface area contributed by atoms with Crippen LogP contribution in [-0.4, -0.2) is 26.1 Å². The van der Waals surface area contributed by atoms with Crippen LogP contribution in [0.5, 0.6) is 0 Å². The number of amides is 1. The molecular weight excluding hydrogens is 352 g/mol. The van der Waals surface area contributed by atoms with Crippen molar-refractivity contribution in [2.75, 3.05) is 5.32 Å². The number of aromatic nitrogens is 4. The molecule has 0 bridgehead atoms. The van der Waals surface area contributed by atoms with Gasteiger partial charge in [-0.1, -0.05) is 12.1 Å². The smallest absolute Gasteiger partial charge is 0.271 e. The van der Waals surface area contributed by atoms with Gasteiger partial charge < -0.3 is 11.1 Å². The van der Waals surface area contributed by atoms with Crippen molar-refractivity contribution < 1.29 is 4.79 Å². The summed E-state index contributed by atoms with van der Waals surface area (Å²) in [7, 11) is 0. The quantitative estimate of drug-likeness (QED) is 0.558. The maximum atomic E-state index is 11.9. The number of fused-ring (bicyclic) bond motifs is 1. The Balaban J connectivity index is 1.80. The fourth-order valence-electron chi connectivity index (χ4n) is 3.08.